The van der Waals surface area contributed by atoms with Crippen molar-refractivity contribution in [2.24, 2.45) is 7.05 Å². The van der Waals surface area contributed by atoms with Gasteiger partial charge < -0.3 is 14.0 Å². The maximum Gasteiger partial charge on any atom is 0.260 e. The fraction of sp³-hybridized carbons (Fsp3) is 0.333. The molecule has 0 bridgehead atoms. The largest absolute Gasteiger partial charge is 0.452 e. The number of rotatable bonds is 4. The van der Waals surface area contributed by atoms with Gasteiger partial charge in [-0.2, -0.15) is 0 Å². The van der Waals surface area contributed by atoms with Gasteiger partial charge in [0.25, 0.3) is 5.88 Å². The smallest absolute Gasteiger partial charge is 0.260 e. The van der Waals surface area contributed by atoms with Gasteiger partial charge in [-0.3, -0.25) is 0 Å². The highest BCUT2D eigenvalue weighted by molar-refractivity contribution is 5.78. The zero-order valence-corrected chi connectivity index (χ0v) is 13.4. The predicted octanol–water partition coefficient (Wildman–Crippen LogP) is 3.04. The molecule has 0 saturated heterocycles. The Balaban J connectivity index is 1.57. The lowest BCUT2D eigenvalue weighted by Gasteiger charge is -2.05. The summed E-state index contributed by atoms with van der Waals surface area (Å²) >= 11 is 0. The second-order valence-corrected chi connectivity index (χ2v) is 5.86. The Morgan fingerprint density at radius 2 is 1.91 bits per heavy atom. The van der Waals surface area contributed by atoms with Crippen LogP contribution in [0.25, 0.3) is 11.0 Å². The van der Waals surface area contributed by atoms with Gasteiger partial charge in [0.2, 0.25) is 6.79 Å². The molecule has 0 N–H and O–H groups in total. The highest BCUT2D eigenvalue weighted by atomic mass is 16.7. The van der Waals surface area contributed by atoms with Gasteiger partial charge in [0.05, 0.1) is 0 Å². The molecule has 1 aliphatic rings. The van der Waals surface area contributed by atoms with Crippen molar-refractivity contribution < 1.29 is 9.47 Å². The highest BCUT2D eigenvalue weighted by Crippen LogP contribution is 2.30. The molecule has 5 heteroatoms. The molecule has 118 valence electrons. The minimum atomic E-state index is 0.264. The first kappa shape index (κ1) is 14.1. The number of hydrogen-bond donors (Lipinski definition) is 0. The van der Waals surface area contributed by atoms with E-state index in [0.29, 0.717) is 5.88 Å². The molecule has 4 rings (SSSR count). The first-order valence-electron chi connectivity index (χ1n) is 7.92. The van der Waals surface area contributed by atoms with Crippen molar-refractivity contribution in [2.45, 2.75) is 26.2 Å². The Morgan fingerprint density at radius 1 is 1.04 bits per heavy atom. The summed E-state index contributed by atoms with van der Waals surface area (Å²) in [6.45, 7) is 2.42. The van der Waals surface area contributed by atoms with Gasteiger partial charge in [-0.05, 0) is 48.6 Å². The quantitative estimate of drug-likeness (QED) is 0.743. The maximum atomic E-state index is 5.39. The van der Waals surface area contributed by atoms with Crippen LogP contribution in [0.2, 0.25) is 0 Å². The van der Waals surface area contributed by atoms with Crippen LogP contribution in [-0.4, -0.2) is 21.3 Å². The Kier molecular flexibility index (Phi) is 3.41. The Morgan fingerprint density at radius 3 is 2.78 bits per heavy atom. The van der Waals surface area contributed by atoms with Gasteiger partial charge >= 0.3 is 0 Å². The molecule has 5 nitrogen and oxygen atoms in total. The van der Waals surface area contributed by atoms with Crippen LogP contribution in [0.3, 0.4) is 0 Å². The number of nitrogens with zero attached hydrogens (tertiary/aromatic N) is 3. The van der Waals surface area contributed by atoms with Crippen LogP contribution in [0.1, 0.15) is 23.7 Å². The molecule has 0 aromatic carbocycles. The number of pyridine rings is 2. The second kappa shape index (κ2) is 5.57. The molecular weight excluding hydrogens is 290 g/mol. The summed E-state index contributed by atoms with van der Waals surface area (Å²) in [5.74, 6) is 1.34. The molecule has 0 spiro atoms. The van der Waals surface area contributed by atoms with Crippen LogP contribution < -0.4 is 9.47 Å². The minimum absolute atomic E-state index is 0.264. The number of aryl methyl sites for hydroxylation is 4. The van der Waals surface area contributed by atoms with Crippen LogP contribution in [0.5, 0.6) is 11.6 Å². The topological polar surface area (TPSA) is 49.2 Å². The molecule has 23 heavy (non-hydrogen) atoms. The van der Waals surface area contributed by atoms with E-state index in [1.165, 1.54) is 16.6 Å². The SMILES string of the molecule is CCc1cnc2c(c1)cc(CCc1cnc3c(c1)OCO3)n2C. The van der Waals surface area contributed by atoms with E-state index in [1.54, 1.807) is 0 Å². The van der Waals surface area contributed by atoms with Crippen molar-refractivity contribution in [3.63, 3.8) is 0 Å². The van der Waals surface area contributed by atoms with Crippen molar-refractivity contribution in [1.29, 1.82) is 0 Å². The Bertz CT molecular complexity index is 870. The summed E-state index contributed by atoms with van der Waals surface area (Å²) in [5.41, 5.74) is 4.75. The van der Waals surface area contributed by atoms with Crippen LogP contribution in [0.4, 0.5) is 0 Å². The molecule has 0 amide bonds. The first-order chi connectivity index (χ1) is 11.2. The van der Waals surface area contributed by atoms with Crippen LogP contribution in [0, 0.1) is 0 Å². The average Bonchev–Trinajstić information content (AvgIpc) is 3.16. The molecular formula is C18H19N3O2. The third kappa shape index (κ3) is 2.52. The lowest BCUT2D eigenvalue weighted by atomic mass is 10.1. The Hall–Kier alpha value is -2.56. The van der Waals surface area contributed by atoms with Crippen molar-refractivity contribution in [3.8, 4) is 11.6 Å². The average molecular weight is 309 g/mol. The van der Waals surface area contributed by atoms with Gasteiger partial charge in [0.15, 0.2) is 5.75 Å². The minimum Gasteiger partial charge on any atom is -0.452 e. The second-order valence-electron chi connectivity index (χ2n) is 5.86. The van der Waals surface area contributed by atoms with Gasteiger partial charge in [0, 0.05) is 30.5 Å². The fourth-order valence-electron chi connectivity index (χ4n) is 2.99. The molecule has 1 aliphatic heterocycles. The van der Waals surface area contributed by atoms with Crippen molar-refractivity contribution in [2.75, 3.05) is 6.79 Å². The van der Waals surface area contributed by atoms with Crippen molar-refractivity contribution in [1.82, 2.24) is 14.5 Å². The van der Waals surface area contributed by atoms with E-state index in [0.717, 1.165) is 36.2 Å². The van der Waals surface area contributed by atoms with E-state index < -0.39 is 0 Å². The monoisotopic (exact) mass is 309 g/mol. The zero-order valence-electron chi connectivity index (χ0n) is 13.4. The standard InChI is InChI=1S/C18H19N3O2/c1-3-12-6-14-8-15(21(2)17(14)19-9-12)5-4-13-7-16-18(20-10-13)23-11-22-16/h6-10H,3-5,11H2,1-2H3. The van der Waals surface area contributed by atoms with E-state index in [1.807, 2.05) is 18.5 Å². The van der Waals surface area contributed by atoms with E-state index in [4.69, 9.17) is 9.47 Å². The molecule has 0 radical (unpaired) electrons. The lowest BCUT2D eigenvalue weighted by molar-refractivity contribution is 0.171. The van der Waals surface area contributed by atoms with Crippen LogP contribution in [0.15, 0.2) is 30.6 Å². The molecule has 0 fully saturated rings. The van der Waals surface area contributed by atoms with Crippen LogP contribution >= 0.6 is 0 Å². The van der Waals surface area contributed by atoms with Gasteiger partial charge in [-0.15, -0.1) is 0 Å². The van der Waals surface area contributed by atoms with E-state index >= 15 is 0 Å². The summed E-state index contributed by atoms with van der Waals surface area (Å²) in [6, 6.07) is 6.49. The molecule has 0 atom stereocenters. The summed E-state index contributed by atoms with van der Waals surface area (Å²) in [4.78, 5) is 8.88. The number of hydrogen-bond acceptors (Lipinski definition) is 4. The predicted molar refractivity (Wildman–Crippen MR) is 87.9 cm³/mol. The third-order valence-corrected chi connectivity index (χ3v) is 4.39. The van der Waals surface area contributed by atoms with Gasteiger partial charge in [0.1, 0.15) is 5.65 Å². The summed E-state index contributed by atoms with van der Waals surface area (Å²) in [5, 5.41) is 1.21. The summed E-state index contributed by atoms with van der Waals surface area (Å²) < 4.78 is 12.8. The lowest BCUT2D eigenvalue weighted by Crippen LogP contribution is -2.00. The molecule has 4 heterocycles. The number of ether oxygens (including phenoxy) is 2. The van der Waals surface area contributed by atoms with Crippen LogP contribution in [-0.2, 0) is 26.3 Å². The fourth-order valence-corrected chi connectivity index (χ4v) is 2.99. The molecule has 3 aromatic rings. The van der Waals surface area contributed by atoms with E-state index in [-0.39, 0.29) is 6.79 Å². The molecule has 0 unspecified atom stereocenters. The number of fused-ring (bicyclic) bond motifs is 2. The summed E-state index contributed by atoms with van der Waals surface area (Å²) in [6.07, 6.45) is 6.69. The first-order valence-corrected chi connectivity index (χ1v) is 7.92. The Labute approximate surface area is 134 Å². The third-order valence-electron chi connectivity index (χ3n) is 4.39. The van der Waals surface area contributed by atoms with E-state index in [2.05, 4.69) is 40.6 Å². The molecule has 0 aliphatic carbocycles. The van der Waals surface area contributed by atoms with E-state index in [9.17, 15) is 0 Å². The number of aromatic nitrogens is 3. The van der Waals surface area contributed by atoms with Gasteiger partial charge in [-0.1, -0.05) is 6.92 Å². The van der Waals surface area contributed by atoms with Crippen molar-refractivity contribution in [3.05, 3.63) is 47.4 Å². The van der Waals surface area contributed by atoms with Gasteiger partial charge in [-0.25, -0.2) is 9.97 Å². The summed E-state index contributed by atoms with van der Waals surface area (Å²) in [7, 11) is 2.08. The molecule has 3 aromatic heterocycles. The van der Waals surface area contributed by atoms with Crippen molar-refractivity contribution >= 4 is 11.0 Å². The highest BCUT2D eigenvalue weighted by Gasteiger charge is 2.15. The molecule has 0 saturated carbocycles. The normalized spacial score (nSPS) is 13.0. The maximum absolute atomic E-state index is 5.39. The zero-order chi connectivity index (χ0) is 15.8.